The van der Waals surface area contributed by atoms with E-state index in [2.05, 4.69) is 47.3 Å². The number of esters is 1. The van der Waals surface area contributed by atoms with Crippen molar-refractivity contribution < 1.29 is 38.9 Å². The van der Waals surface area contributed by atoms with Gasteiger partial charge in [-0.1, -0.05) is 0 Å². The molecule has 0 aromatic rings. The first-order valence-electron chi connectivity index (χ1n) is 12.0. The number of hydrogen-bond acceptors (Lipinski definition) is 14. The Bertz CT molecular complexity index is 683. The predicted octanol–water partition coefficient (Wildman–Crippen LogP) is -7.81. The van der Waals surface area contributed by atoms with Crippen LogP contribution < -0.4 is 52.7 Å². The highest BCUT2D eigenvalue weighted by atomic mass is 16.5. The predicted molar refractivity (Wildman–Crippen MR) is 129 cm³/mol. The molecule has 0 saturated carbocycles. The number of methoxy groups -OCH3 is 1. The minimum absolute atomic E-state index is 0.108. The van der Waals surface area contributed by atoms with Gasteiger partial charge in [0.25, 0.3) is 0 Å². The second-order valence-corrected chi connectivity index (χ2v) is 7.71. The fraction of sp³-hybridized carbons (Fsp3) is 0.762. The van der Waals surface area contributed by atoms with E-state index in [0.29, 0.717) is 65.4 Å². The van der Waals surface area contributed by atoms with Crippen molar-refractivity contribution in [1.29, 1.82) is 0 Å². The van der Waals surface area contributed by atoms with Crippen molar-refractivity contribution in [3.63, 3.8) is 0 Å². The molecular formula is C21H40N8O8-2. The van der Waals surface area contributed by atoms with Gasteiger partial charge in [0.2, 0.25) is 11.8 Å². The third-order valence-corrected chi connectivity index (χ3v) is 4.62. The van der Waals surface area contributed by atoms with Gasteiger partial charge < -0.3 is 67.1 Å². The summed E-state index contributed by atoms with van der Waals surface area (Å²) in [5, 5.41) is 44.0. The van der Waals surface area contributed by atoms with Crippen molar-refractivity contribution in [2.24, 2.45) is 0 Å². The normalized spacial score (nSPS) is 11.5. The molecule has 0 heterocycles. The van der Waals surface area contributed by atoms with Crippen LogP contribution >= 0.6 is 0 Å². The smallest absolute Gasteiger partial charge is 0.307 e. The van der Waals surface area contributed by atoms with E-state index < -0.39 is 23.9 Å². The van der Waals surface area contributed by atoms with E-state index in [1.54, 1.807) is 0 Å². The molecule has 0 aliphatic carbocycles. The molecule has 1 atom stereocenters. The number of nitrogens with one attached hydrogen (secondary N) is 8. The maximum Gasteiger partial charge on any atom is 0.307 e. The van der Waals surface area contributed by atoms with Crippen LogP contribution in [0.1, 0.15) is 6.42 Å². The van der Waals surface area contributed by atoms with E-state index in [9.17, 15) is 34.2 Å². The molecule has 0 radical (unpaired) electrons. The van der Waals surface area contributed by atoms with Gasteiger partial charge in [0.05, 0.1) is 44.6 Å². The average Bonchev–Trinajstić information content (AvgIpc) is 2.85. The van der Waals surface area contributed by atoms with Gasteiger partial charge in [-0.2, -0.15) is 0 Å². The van der Waals surface area contributed by atoms with Crippen molar-refractivity contribution in [3.8, 4) is 0 Å². The molecule has 8 N–H and O–H groups in total. The number of hydrogen-bond donors (Lipinski definition) is 8. The van der Waals surface area contributed by atoms with Crippen LogP contribution in [0.3, 0.4) is 0 Å². The lowest BCUT2D eigenvalue weighted by molar-refractivity contribution is -0.309. The van der Waals surface area contributed by atoms with Gasteiger partial charge in [0.1, 0.15) is 0 Å². The topological polar surface area (TPSA) is 237 Å². The first-order valence-corrected chi connectivity index (χ1v) is 12.0. The van der Waals surface area contributed by atoms with E-state index in [1.165, 1.54) is 7.11 Å². The summed E-state index contributed by atoms with van der Waals surface area (Å²) < 4.78 is 4.44. The highest BCUT2D eigenvalue weighted by Gasteiger charge is 2.14. The minimum atomic E-state index is -1.38. The summed E-state index contributed by atoms with van der Waals surface area (Å²) >= 11 is 0. The summed E-state index contributed by atoms with van der Waals surface area (Å²) in [6.07, 6.45) is -0.315. The number of carbonyl (C=O) groups excluding carboxylic acids is 5. The minimum Gasteiger partial charge on any atom is -0.549 e. The summed E-state index contributed by atoms with van der Waals surface area (Å²) in [7, 11) is 1.18. The summed E-state index contributed by atoms with van der Waals surface area (Å²) in [6.45, 7) is 4.74. The molecule has 214 valence electrons. The molecule has 16 nitrogen and oxygen atoms in total. The number of rotatable bonds is 25. The van der Waals surface area contributed by atoms with Gasteiger partial charge in [-0.15, -0.1) is 0 Å². The molecule has 0 aliphatic heterocycles. The molecule has 37 heavy (non-hydrogen) atoms. The monoisotopic (exact) mass is 532 g/mol. The SMILES string of the molecule is COC(=O)CC(NCCNCCNCC(=O)NCCNC(=O)CNCCNCCNCC(=O)[O-])C(=O)[O-]. The van der Waals surface area contributed by atoms with E-state index in [-0.39, 0.29) is 37.9 Å². The van der Waals surface area contributed by atoms with Gasteiger partial charge in [-0.05, 0) is 0 Å². The zero-order valence-corrected chi connectivity index (χ0v) is 21.2. The van der Waals surface area contributed by atoms with Gasteiger partial charge in [0.15, 0.2) is 0 Å². The quantitative estimate of drug-likeness (QED) is 0.0403. The molecule has 0 aromatic carbocycles. The number of amides is 2. The summed E-state index contributed by atoms with van der Waals surface area (Å²) in [5.74, 6) is -3.58. The molecule has 0 spiro atoms. The van der Waals surface area contributed by atoms with Crippen LogP contribution in [0.4, 0.5) is 0 Å². The number of carboxylic acid groups (broad SMARTS) is 2. The number of ether oxygens (including phenoxy) is 1. The van der Waals surface area contributed by atoms with Crippen molar-refractivity contribution >= 4 is 29.7 Å². The van der Waals surface area contributed by atoms with Crippen molar-refractivity contribution in [2.75, 3.05) is 92.2 Å². The fourth-order valence-corrected chi connectivity index (χ4v) is 2.73. The Morgan fingerprint density at radius 3 is 1.49 bits per heavy atom. The Kier molecular flexibility index (Phi) is 21.7. The highest BCUT2D eigenvalue weighted by Crippen LogP contribution is 1.92. The Morgan fingerprint density at radius 2 is 1.05 bits per heavy atom. The largest absolute Gasteiger partial charge is 0.549 e. The van der Waals surface area contributed by atoms with E-state index >= 15 is 0 Å². The lowest BCUT2D eigenvalue weighted by Gasteiger charge is -2.18. The zero-order valence-electron chi connectivity index (χ0n) is 21.2. The molecule has 0 aromatic heterocycles. The third-order valence-electron chi connectivity index (χ3n) is 4.62. The Labute approximate surface area is 216 Å². The number of carboxylic acids is 2. The van der Waals surface area contributed by atoms with Gasteiger partial charge in [-0.3, -0.25) is 14.4 Å². The lowest BCUT2D eigenvalue weighted by Crippen LogP contribution is -2.48. The molecule has 0 saturated heterocycles. The number of aliphatic carboxylic acids is 2. The standard InChI is InChI=1S/C21H42N8O8/c1-37-20(34)12-16(21(35)36)27-9-8-23-3-6-25-14-18(31)29-11-10-28-17(30)13-24-5-2-22-4-7-26-15-19(32)33/h16,22-27H,2-15H2,1H3,(H,28,30)(H,29,31)(H,32,33)(H,35,36)/p-2. The van der Waals surface area contributed by atoms with Gasteiger partial charge in [-0.25, -0.2) is 0 Å². The van der Waals surface area contributed by atoms with Crippen molar-refractivity contribution in [3.05, 3.63) is 0 Å². The molecular weight excluding hydrogens is 492 g/mol. The van der Waals surface area contributed by atoms with Gasteiger partial charge in [0, 0.05) is 72.0 Å². The summed E-state index contributed by atoms with van der Waals surface area (Å²) in [6, 6.07) is -1.12. The van der Waals surface area contributed by atoms with E-state index in [1.807, 2.05) is 0 Å². The van der Waals surface area contributed by atoms with Crippen LogP contribution in [0, 0.1) is 0 Å². The van der Waals surface area contributed by atoms with Crippen LogP contribution in [0.15, 0.2) is 0 Å². The van der Waals surface area contributed by atoms with Crippen LogP contribution in [0.5, 0.6) is 0 Å². The maximum absolute atomic E-state index is 11.8. The fourth-order valence-electron chi connectivity index (χ4n) is 2.73. The third kappa shape index (κ3) is 23.3. The first-order chi connectivity index (χ1) is 17.8. The molecule has 16 heteroatoms. The zero-order chi connectivity index (χ0) is 27.7. The van der Waals surface area contributed by atoms with Crippen LogP contribution in [-0.4, -0.2) is 128 Å². The second-order valence-electron chi connectivity index (χ2n) is 7.71. The Morgan fingerprint density at radius 1 is 0.622 bits per heavy atom. The molecule has 0 bridgehead atoms. The molecule has 0 fully saturated rings. The van der Waals surface area contributed by atoms with E-state index in [4.69, 9.17) is 0 Å². The maximum atomic E-state index is 11.8. The summed E-state index contributed by atoms with van der Waals surface area (Å²) in [5.41, 5.74) is 0. The van der Waals surface area contributed by atoms with E-state index in [0.717, 1.165) is 0 Å². The van der Waals surface area contributed by atoms with Crippen molar-refractivity contribution in [2.45, 2.75) is 12.5 Å². The number of carbonyl (C=O) groups is 5. The molecule has 0 aliphatic rings. The molecule has 1 unspecified atom stereocenters. The first kappa shape index (κ1) is 34.1. The van der Waals surface area contributed by atoms with Gasteiger partial charge >= 0.3 is 5.97 Å². The highest BCUT2D eigenvalue weighted by molar-refractivity contribution is 5.80. The molecule has 2 amide bonds. The Hall–Kier alpha value is -2.89. The van der Waals surface area contributed by atoms with Crippen LogP contribution in [0.25, 0.3) is 0 Å². The summed E-state index contributed by atoms with van der Waals surface area (Å²) in [4.78, 5) is 55.8. The average molecular weight is 533 g/mol. The molecule has 0 rings (SSSR count). The van der Waals surface area contributed by atoms with Crippen LogP contribution in [0.2, 0.25) is 0 Å². The van der Waals surface area contributed by atoms with Crippen molar-refractivity contribution in [1.82, 2.24) is 42.5 Å². The second kappa shape index (κ2) is 23.5. The Balaban J connectivity index is 3.51. The lowest BCUT2D eigenvalue weighted by atomic mass is 10.2. The van der Waals surface area contributed by atoms with Crippen LogP contribution in [-0.2, 0) is 28.7 Å².